The summed E-state index contributed by atoms with van der Waals surface area (Å²) in [6, 6.07) is 8.26. The van der Waals surface area contributed by atoms with Gasteiger partial charge in [-0.15, -0.1) is 11.6 Å². The van der Waals surface area contributed by atoms with Gasteiger partial charge in [0.15, 0.2) is 0 Å². The van der Waals surface area contributed by atoms with Crippen LogP contribution in [0.1, 0.15) is 31.4 Å². The number of unbranched alkanes of at least 4 members (excludes halogenated alkanes) is 3. The van der Waals surface area contributed by atoms with E-state index in [1.165, 1.54) is 30.3 Å². The number of benzene rings is 1. The molecular weight excluding hydrogens is 220 g/mol. The van der Waals surface area contributed by atoms with Gasteiger partial charge in [0.1, 0.15) is 0 Å². The highest BCUT2D eigenvalue weighted by Gasteiger charge is 2.03. The molecule has 1 aromatic carbocycles. The van der Waals surface area contributed by atoms with Crippen LogP contribution in [0.15, 0.2) is 24.3 Å². The first-order chi connectivity index (χ1) is 7.92. The second kappa shape index (κ2) is 5.90. The molecule has 2 rings (SSSR count). The standard InChI is InChI=1S/C13H17ClN2/c14-10-6-2-1-3-8-12-11-7-4-5-9-13(11)16-15-12/h4-5,7,9H,1-3,6,8,10H2,(H,15,16). The SMILES string of the molecule is ClCCCCCCc1[nH]nc2ccccc12. The third kappa shape index (κ3) is 2.76. The average Bonchev–Trinajstić information content (AvgIpc) is 2.73. The van der Waals surface area contributed by atoms with Crippen molar-refractivity contribution in [3.8, 4) is 0 Å². The summed E-state index contributed by atoms with van der Waals surface area (Å²) in [6.07, 6.45) is 5.91. The lowest BCUT2D eigenvalue weighted by Gasteiger charge is -1.99. The summed E-state index contributed by atoms with van der Waals surface area (Å²) >= 11 is 5.64. The van der Waals surface area contributed by atoms with Gasteiger partial charge in [0.25, 0.3) is 0 Å². The minimum atomic E-state index is 0.785. The molecule has 0 spiro atoms. The van der Waals surface area contributed by atoms with E-state index in [0.717, 1.165) is 24.2 Å². The first-order valence-electron chi connectivity index (χ1n) is 5.90. The number of rotatable bonds is 6. The van der Waals surface area contributed by atoms with E-state index in [1.807, 2.05) is 12.1 Å². The van der Waals surface area contributed by atoms with Crippen LogP contribution in [-0.2, 0) is 6.42 Å². The van der Waals surface area contributed by atoms with Gasteiger partial charge in [-0.2, -0.15) is 5.10 Å². The van der Waals surface area contributed by atoms with Crippen molar-refractivity contribution in [3.63, 3.8) is 0 Å². The Bertz CT molecular complexity index is 436. The van der Waals surface area contributed by atoms with E-state index in [4.69, 9.17) is 11.6 Å². The van der Waals surface area contributed by atoms with Gasteiger partial charge in [-0.25, -0.2) is 0 Å². The maximum atomic E-state index is 5.64. The van der Waals surface area contributed by atoms with E-state index < -0.39 is 0 Å². The van der Waals surface area contributed by atoms with Crippen LogP contribution in [0.3, 0.4) is 0 Å². The van der Waals surface area contributed by atoms with E-state index in [9.17, 15) is 0 Å². The predicted molar refractivity (Wildman–Crippen MR) is 69.0 cm³/mol. The average molecular weight is 237 g/mol. The molecule has 0 unspecified atom stereocenters. The lowest BCUT2D eigenvalue weighted by atomic mass is 10.1. The number of aromatic nitrogens is 2. The number of fused-ring (bicyclic) bond motifs is 1. The number of aryl methyl sites for hydroxylation is 1. The molecule has 2 aromatic rings. The number of nitrogens with one attached hydrogen (secondary N) is 1. The van der Waals surface area contributed by atoms with Gasteiger partial charge in [-0.3, -0.25) is 5.10 Å². The zero-order valence-corrected chi connectivity index (χ0v) is 10.1. The first-order valence-corrected chi connectivity index (χ1v) is 6.43. The smallest absolute Gasteiger partial charge is 0.0923 e. The Balaban J connectivity index is 1.89. The lowest BCUT2D eigenvalue weighted by molar-refractivity contribution is 0.663. The molecule has 0 bridgehead atoms. The van der Waals surface area contributed by atoms with Crippen LogP contribution in [0.4, 0.5) is 0 Å². The summed E-state index contributed by atoms with van der Waals surface area (Å²) in [5.74, 6) is 0.785. The molecule has 0 aliphatic carbocycles. The lowest BCUT2D eigenvalue weighted by Crippen LogP contribution is -1.87. The van der Waals surface area contributed by atoms with Crippen molar-refractivity contribution in [1.82, 2.24) is 10.2 Å². The Labute approximate surface area is 101 Å². The molecule has 0 fully saturated rings. The van der Waals surface area contributed by atoms with E-state index >= 15 is 0 Å². The number of H-pyrrole nitrogens is 1. The number of hydrogen-bond donors (Lipinski definition) is 1. The highest BCUT2D eigenvalue weighted by molar-refractivity contribution is 6.17. The first kappa shape index (κ1) is 11.5. The maximum absolute atomic E-state index is 5.64. The van der Waals surface area contributed by atoms with Gasteiger partial charge in [0.05, 0.1) is 5.52 Å². The number of halogens is 1. The predicted octanol–water partition coefficient (Wildman–Crippen LogP) is 3.90. The van der Waals surface area contributed by atoms with E-state index in [-0.39, 0.29) is 0 Å². The Morgan fingerprint density at radius 3 is 2.75 bits per heavy atom. The fourth-order valence-electron chi connectivity index (χ4n) is 1.95. The molecule has 16 heavy (non-hydrogen) atoms. The van der Waals surface area contributed by atoms with Crippen LogP contribution >= 0.6 is 11.6 Å². The number of aromatic amines is 1. The Morgan fingerprint density at radius 2 is 1.88 bits per heavy atom. The molecule has 0 aliphatic rings. The second-order valence-electron chi connectivity index (χ2n) is 4.07. The van der Waals surface area contributed by atoms with Crippen molar-refractivity contribution in [2.24, 2.45) is 0 Å². The summed E-state index contributed by atoms with van der Waals surface area (Å²) in [4.78, 5) is 0. The van der Waals surface area contributed by atoms with Crippen LogP contribution in [0, 0.1) is 0 Å². The molecule has 0 aliphatic heterocycles. The molecule has 86 valence electrons. The van der Waals surface area contributed by atoms with Crippen molar-refractivity contribution in [1.29, 1.82) is 0 Å². The summed E-state index contributed by atoms with van der Waals surface area (Å²) in [5, 5.41) is 8.68. The van der Waals surface area contributed by atoms with E-state index in [0.29, 0.717) is 0 Å². The van der Waals surface area contributed by atoms with Crippen LogP contribution in [0.25, 0.3) is 10.9 Å². The van der Waals surface area contributed by atoms with Crippen LogP contribution in [-0.4, -0.2) is 16.1 Å². The molecular formula is C13H17ClN2. The number of hydrogen-bond acceptors (Lipinski definition) is 1. The van der Waals surface area contributed by atoms with Crippen molar-refractivity contribution in [2.45, 2.75) is 32.1 Å². The number of alkyl halides is 1. The number of nitrogens with zero attached hydrogens (tertiary/aromatic N) is 1. The fourth-order valence-corrected chi connectivity index (χ4v) is 2.14. The molecule has 0 radical (unpaired) electrons. The zero-order chi connectivity index (χ0) is 11.2. The normalized spacial score (nSPS) is 11.1. The molecule has 0 saturated carbocycles. The zero-order valence-electron chi connectivity index (χ0n) is 9.38. The summed E-state index contributed by atoms with van der Waals surface area (Å²) < 4.78 is 0. The van der Waals surface area contributed by atoms with Gasteiger partial charge < -0.3 is 0 Å². The highest BCUT2D eigenvalue weighted by Crippen LogP contribution is 2.17. The molecule has 0 saturated heterocycles. The molecule has 1 heterocycles. The van der Waals surface area contributed by atoms with E-state index in [1.54, 1.807) is 0 Å². The van der Waals surface area contributed by atoms with Crippen molar-refractivity contribution >= 4 is 22.5 Å². The molecule has 0 atom stereocenters. The summed E-state index contributed by atoms with van der Waals surface area (Å²) in [7, 11) is 0. The third-order valence-corrected chi connectivity index (χ3v) is 3.12. The molecule has 3 heteroatoms. The quantitative estimate of drug-likeness (QED) is 0.598. The van der Waals surface area contributed by atoms with Gasteiger partial charge >= 0.3 is 0 Å². The molecule has 1 aromatic heterocycles. The Kier molecular flexibility index (Phi) is 4.23. The summed E-state index contributed by atoms with van der Waals surface area (Å²) in [5.41, 5.74) is 2.33. The van der Waals surface area contributed by atoms with Crippen LogP contribution in [0.2, 0.25) is 0 Å². The second-order valence-corrected chi connectivity index (χ2v) is 4.45. The number of para-hydroxylation sites is 1. The molecule has 0 amide bonds. The van der Waals surface area contributed by atoms with Crippen molar-refractivity contribution in [3.05, 3.63) is 30.0 Å². The summed E-state index contributed by atoms with van der Waals surface area (Å²) in [6.45, 7) is 0. The topological polar surface area (TPSA) is 28.7 Å². The van der Waals surface area contributed by atoms with Crippen molar-refractivity contribution in [2.75, 3.05) is 5.88 Å². The van der Waals surface area contributed by atoms with E-state index in [2.05, 4.69) is 22.3 Å². The van der Waals surface area contributed by atoms with Gasteiger partial charge in [-0.05, 0) is 25.3 Å². The van der Waals surface area contributed by atoms with Crippen LogP contribution < -0.4 is 0 Å². The van der Waals surface area contributed by atoms with Crippen LogP contribution in [0.5, 0.6) is 0 Å². The van der Waals surface area contributed by atoms with Crippen molar-refractivity contribution < 1.29 is 0 Å². The third-order valence-electron chi connectivity index (χ3n) is 2.85. The van der Waals surface area contributed by atoms with Gasteiger partial charge in [-0.1, -0.05) is 31.0 Å². The minimum Gasteiger partial charge on any atom is -0.281 e. The monoisotopic (exact) mass is 236 g/mol. The molecule has 2 nitrogen and oxygen atoms in total. The minimum absolute atomic E-state index is 0.785. The highest BCUT2D eigenvalue weighted by atomic mass is 35.5. The largest absolute Gasteiger partial charge is 0.281 e. The molecule has 1 N–H and O–H groups in total. The Hall–Kier alpha value is -1.02. The van der Waals surface area contributed by atoms with Gasteiger partial charge in [0.2, 0.25) is 0 Å². The maximum Gasteiger partial charge on any atom is 0.0923 e. The van der Waals surface area contributed by atoms with Gasteiger partial charge in [0, 0.05) is 17.0 Å². The Morgan fingerprint density at radius 1 is 1.06 bits per heavy atom. The fraction of sp³-hybridized carbons (Fsp3) is 0.462.